The average Bonchev–Trinajstić information content (AvgIpc) is 3.15. The standard InChI is InChI=1S/C15H19ClN6O2.ClH/c1-17-10-4-3-5-21(8-10)15(23)11-6-12(16)13(7-14(11)24-2)22-9-18-19-20-22;/h6-7,9-10,17H,3-5,8H2,1-2H3;1H. The molecule has 1 aliphatic heterocycles. The molecule has 0 spiro atoms. The molecule has 2 aromatic rings. The summed E-state index contributed by atoms with van der Waals surface area (Å²) in [7, 11) is 3.44. The number of tetrazole rings is 1. The molecule has 0 radical (unpaired) electrons. The highest BCUT2D eigenvalue weighted by Gasteiger charge is 2.26. The van der Waals surface area contributed by atoms with Crippen LogP contribution in [0.5, 0.6) is 5.75 Å². The van der Waals surface area contributed by atoms with Crippen molar-refractivity contribution in [2.24, 2.45) is 0 Å². The van der Waals surface area contributed by atoms with Gasteiger partial charge in [-0.2, -0.15) is 4.68 Å². The fourth-order valence-electron chi connectivity index (χ4n) is 2.89. The van der Waals surface area contributed by atoms with Gasteiger partial charge in [0.1, 0.15) is 12.1 Å². The van der Waals surface area contributed by atoms with E-state index in [1.54, 1.807) is 12.1 Å². The third kappa shape index (κ3) is 4.02. The number of halogens is 2. The molecule has 1 fully saturated rings. The highest BCUT2D eigenvalue weighted by atomic mass is 35.5. The number of aromatic nitrogens is 4. The van der Waals surface area contributed by atoms with E-state index in [0.717, 1.165) is 19.4 Å². The maximum atomic E-state index is 12.9. The van der Waals surface area contributed by atoms with Crippen LogP contribution in [0.2, 0.25) is 5.02 Å². The Morgan fingerprint density at radius 2 is 2.24 bits per heavy atom. The quantitative estimate of drug-likeness (QED) is 0.858. The Morgan fingerprint density at radius 1 is 1.44 bits per heavy atom. The van der Waals surface area contributed by atoms with Crippen molar-refractivity contribution < 1.29 is 9.53 Å². The van der Waals surface area contributed by atoms with E-state index in [4.69, 9.17) is 16.3 Å². The number of nitrogens with zero attached hydrogens (tertiary/aromatic N) is 5. The molecule has 136 valence electrons. The number of carbonyl (C=O) groups excluding carboxylic acids is 1. The molecule has 8 nitrogen and oxygen atoms in total. The minimum Gasteiger partial charge on any atom is -0.496 e. The van der Waals surface area contributed by atoms with Gasteiger partial charge in [-0.3, -0.25) is 4.79 Å². The predicted octanol–water partition coefficient (Wildman–Crippen LogP) is 1.57. The van der Waals surface area contributed by atoms with Crippen LogP contribution in [0.15, 0.2) is 18.5 Å². The predicted molar refractivity (Wildman–Crippen MR) is 95.9 cm³/mol. The SMILES string of the molecule is CNC1CCCN(C(=O)c2cc(Cl)c(-n3cnnn3)cc2OC)C1.Cl. The van der Waals surface area contributed by atoms with Crippen LogP contribution < -0.4 is 10.1 Å². The van der Waals surface area contributed by atoms with Gasteiger partial charge in [-0.25, -0.2) is 0 Å². The van der Waals surface area contributed by atoms with Gasteiger partial charge in [0.2, 0.25) is 0 Å². The summed E-state index contributed by atoms with van der Waals surface area (Å²) in [5, 5.41) is 14.6. The van der Waals surface area contributed by atoms with Crippen LogP contribution in [0.4, 0.5) is 0 Å². The second kappa shape index (κ2) is 8.46. The molecule has 10 heteroatoms. The molecule has 0 bridgehead atoms. The number of carbonyl (C=O) groups is 1. The maximum Gasteiger partial charge on any atom is 0.257 e. The van der Waals surface area contributed by atoms with Gasteiger partial charge in [0, 0.05) is 25.2 Å². The normalized spacial score (nSPS) is 17.1. The van der Waals surface area contributed by atoms with Gasteiger partial charge in [0.05, 0.1) is 23.4 Å². The van der Waals surface area contributed by atoms with E-state index >= 15 is 0 Å². The molecule has 1 atom stereocenters. The Labute approximate surface area is 156 Å². The number of rotatable bonds is 4. The fourth-order valence-corrected chi connectivity index (χ4v) is 3.14. The number of benzene rings is 1. The van der Waals surface area contributed by atoms with E-state index in [2.05, 4.69) is 20.8 Å². The van der Waals surface area contributed by atoms with Crippen molar-refractivity contribution in [1.82, 2.24) is 30.4 Å². The summed E-state index contributed by atoms with van der Waals surface area (Å²) in [4.78, 5) is 14.7. The molecular weight excluding hydrogens is 367 g/mol. The van der Waals surface area contributed by atoms with Crippen LogP contribution in [-0.2, 0) is 0 Å². The minimum absolute atomic E-state index is 0. The van der Waals surface area contributed by atoms with E-state index in [1.807, 2.05) is 11.9 Å². The van der Waals surface area contributed by atoms with Crippen molar-refractivity contribution in [1.29, 1.82) is 0 Å². The van der Waals surface area contributed by atoms with Crippen LogP contribution in [0, 0.1) is 0 Å². The molecule has 1 amide bonds. The summed E-state index contributed by atoms with van der Waals surface area (Å²) in [6.45, 7) is 1.40. The lowest BCUT2D eigenvalue weighted by molar-refractivity contribution is 0.0695. The first kappa shape index (κ1) is 19.4. The van der Waals surface area contributed by atoms with Gasteiger partial charge >= 0.3 is 0 Å². The van der Waals surface area contributed by atoms with Gasteiger partial charge in [-0.05, 0) is 36.4 Å². The van der Waals surface area contributed by atoms with Gasteiger partial charge in [-0.1, -0.05) is 11.6 Å². The zero-order valence-electron chi connectivity index (χ0n) is 14.0. The Kier molecular flexibility index (Phi) is 6.57. The highest BCUT2D eigenvalue weighted by molar-refractivity contribution is 6.33. The fraction of sp³-hybridized carbons (Fsp3) is 0.467. The van der Waals surface area contributed by atoms with Crippen LogP contribution in [0.1, 0.15) is 23.2 Å². The van der Waals surface area contributed by atoms with Gasteiger partial charge in [0.25, 0.3) is 5.91 Å². The first-order valence-corrected chi connectivity index (χ1v) is 8.09. The lowest BCUT2D eigenvalue weighted by Crippen LogP contribution is -2.47. The van der Waals surface area contributed by atoms with Gasteiger partial charge in [0.15, 0.2) is 0 Å². The van der Waals surface area contributed by atoms with E-state index in [0.29, 0.717) is 34.6 Å². The molecular formula is C15H20Cl2N6O2. The van der Waals surface area contributed by atoms with Crippen molar-refractivity contribution in [2.45, 2.75) is 18.9 Å². The number of hydrogen-bond acceptors (Lipinski definition) is 6. The van der Waals surface area contributed by atoms with E-state index < -0.39 is 0 Å². The monoisotopic (exact) mass is 386 g/mol. The second-order valence-corrected chi connectivity index (χ2v) is 6.04. The number of ether oxygens (including phenoxy) is 1. The molecule has 1 aliphatic rings. The van der Waals surface area contributed by atoms with Crippen LogP contribution >= 0.6 is 24.0 Å². The molecule has 0 aliphatic carbocycles. The number of likely N-dealkylation sites (tertiary alicyclic amines) is 1. The molecule has 1 aromatic heterocycles. The Hall–Kier alpha value is -1.90. The molecule has 0 saturated carbocycles. The summed E-state index contributed by atoms with van der Waals surface area (Å²) in [5.41, 5.74) is 0.998. The van der Waals surface area contributed by atoms with Crippen molar-refractivity contribution in [3.8, 4) is 11.4 Å². The molecule has 3 rings (SSSR count). The lowest BCUT2D eigenvalue weighted by atomic mass is 10.0. The van der Waals surface area contributed by atoms with Crippen LogP contribution in [0.3, 0.4) is 0 Å². The zero-order chi connectivity index (χ0) is 17.1. The van der Waals surface area contributed by atoms with Crippen molar-refractivity contribution in [2.75, 3.05) is 27.2 Å². The van der Waals surface area contributed by atoms with Crippen molar-refractivity contribution in [3.05, 3.63) is 29.0 Å². The number of methoxy groups -OCH3 is 1. The summed E-state index contributed by atoms with van der Waals surface area (Å²) >= 11 is 6.33. The van der Waals surface area contributed by atoms with Crippen LogP contribution in [0.25, 0.3) is 5.69 Å². The minimum atomic E-state index is -0.0861. The first-order chi connectivity index (χ1) is 11.6. The van der Waals surface area contributed by atoms with Crippen molar-refractivity contribution >= 4 is 29.9 Å². The third-order valence-electron chi connectivity index (χ3n) is 4.21. The summed E-state index contributed by atoms with van der Waals surface area (Å²) < 4.78 is 6.83. The van der Waals surface area contributed by atoms with Crippen molar-refractivity contribution in [3.63, 3.8) is 0 Å². The number of amides is 1. The molecule has 1 N–H and O–H groups in total. The third-order valence-corrected chi connectivity index (χ3v) is 4.51. The molecule has 2 heterocycles. The summed E-state index contributed by atoms with van der Waals surface area (Å²) in [5.74, 6) is 0.360. The molecule has 1 aromatic carbocycles. The summed E-state index contributed by atoms with van der Waals surface area (Å²) in [6.07, 6.45) is 3.47. The molecule has 1 unspecified atom stereocenters. The molecule has 1 saturated heterocycles. The highest BCUT2D eigenvalue weighted by Crippen LogP contribution is 2.30. The smallest absolute Gasteiger partial charge is 0.257 e. The Bertz CT molecular complexity index is 725. The van der Waals surface area contributed by atoms with Crippen LogP contribution in [-0.4, -0.2) is 64.3 Å². The largest absolute Gasteiger partial charge is 0.496 e. The number of piperidine rings is 1. The van der Waals surface area contributed by atoms with E-state index in [1.165, 1.54) is 18.1 Å². The number of hydrogen-bond donors (Lipinski definition) is 1. The second-order valence-electron chi connectivity index (χ2n) is 5.64. The number of nitrogens with one attached hydrogen (secondary N) is 1. The van der Waals surface area contributed by atoms with Gasteiger partial charge < -0.3 is 15.0 Å². The average molecular weight is 387 g/mol. The Morgan fingerprint density at radius 3 is 2.88 bits per heavy atom. The summed E-state index contributed by atoms with van der Waals surface area (Å²) in [6, 6.07) is 3.60. The van der Waals surface area contributed by atoms with E-state index in [9.17, 15) is 4.79 Å². The zero-order valence-corrected chi connectivity index (χ0v) is 15.5. The first-order valence-electron chi connectivity index (χ1n) is 7.71. The lowest BCUT2D eigenvalue weighted by Gasteiger charge is -2.33. The maximum absolute atomic E-state index is 12.9. The van der Waals surface area contributed by atoms with Gasteiger partial charge in [-0.15, -0.1) is 17.5 Å². The number of likely N-dealkylation sites (N-methyl/N-ethyl adjacent to an activating group) is 1. The Balaban J connectivity index is 0.00000225. The topological polar surface area (TPSA) is 85.2 Å². The molecule has 25 heavy (non-hydrogen) atoms. The van der Waals surface area contributed by atoms with E-state index in [-0.39, 0.29) is 18.3 Å².